The van der Waals surface area contributed by atoms with Gasteiger partial charge in [0.2, 0.25) is 11.8 Å². The maximum atomic E-state index is 10.2. The van der Waals surface area contributed by atoms with Crippen LogP contribution in [0.25, 0.3) is 0 Å². The summed E-state index contributed by atoms with van der Waals surface area (Å²) in [4.78, 5) is 20.3. The molecule has 0 saturated carbocycles. The highest BCUT2D eigenvalue weighted by atomic mass is 16.1. The third kappa shape index (κ3) is 24.1. The summed E-state index contributed by atoms with van der Waals surface area (Å²) in [6.45, 7) is 5.89. The molecule has 0 aromatic rings. The SMILES string of the molecule is C=CCCCCCC.NC(=O)CCCCC(N)=O. The highest BCUT2D eigenvalue weighted by Crippen LogP contribution is 2.01. The molecule has 0 atom stereocenters. The summed E-state index contributed by atoms with van der Waals surface area (Å²) in [5.74, 6) is -0.658. The fourth-order valence-corrected chi connectivity index (χ4v) is 1.31. The van der Waals surface area contributed by atoms with Crippen LogP contribution in [0.3, 0.4) is 0 Å². The molecule has 0 spiro atoms. The summed E-state index contributed by atoms with van der Waals surface area (Å²) in [6.07, 6.45) is 10.6. The summed E-state index contributed by atoms with van der Waals surface area (Å²) < 4.78 is 0. The Labute approximate surface area is 111 Å². The maximum absolute atomic E-state index is 10.2. The van der Waals surface area contributed by atoms with Crippen molar-refractivity contribution in [1.29, 1.82) is 0 Å². The third-order valence-electron chi connectivity index (χ3n) is 2.36. The van der Waals surface area contributed by atoms with E-state index in [-0.39, 0.29) is 11.8 Å². The Bertz CT molecular complexity index is 212. The summed E-state index contributed by atoms with van der Waals surface area (Å²) in [7, 11) is 0. The summed E-state index contributed by atoms with van der Waals surface area (Å²) in [6, 6.07) is 0. The Hall–Kier alpha value is -1.32. The highest BCUT2D eigenvalue weighted by Gasteiger charge is 1.96. The fraction of sp³-hybridized carbons (Fsp3) is 0.714. The number of hydrogen-bond donors (Lipinski definition) is 2. The average Bonchev–Trinajstić information content (AvgIpc) is 2.31. The van der Waals surface area contributed by atoms with Crippen LogP contribution in [0.1, 0.15) is 64.7 Å². The van der Waals surface area contributed by atoms with Crippen LogP contribution < -0.4 is 11.5 Å². The lowest BCUT2D eigenvalue weighted by molar-refractivity contribution is -0.119. The second-order valence-electron chi connectivity index (χ2n) is 4.28. The molecule has 4 nitrogen and oxygen atoms in total. The molecule has 0 aliphatic carbocycles. The first-order chi connectivity index (χ1) is 8.54. The molecule has 0 rings (SSSR count). The second kappa shape index (κ2) is 15.7. The van der Waals surface area contributed by atoms with Crippen molar-refractivity contribution in [2.24, 2.45) is 11.5 Å². The number of carbonyl (C=O) groups is 2. The van der Waals surface area contributed by atoms with Gasteiger partial charge in [-0.25, -0.2) is 0 Å². The van der Waals surface area contributed by atoms with E-state index >= 15 is 0 Å². The first kappa shape index (κ1) is 19.0. The quantitative estimate of drug-likeness (QED) is 0.465. The molecule has 4 N–H and O–H groups in total. The molecule has 106 valence electrons. The summed E-state index contributed by atoms with van der Waals surface area (Å²) in [5, 5.41) is 0. The number of nitrogens with two attached hydrogens (primary N) is 2. The summed E-state index contributed by atoms with van der Waals surface area (Å²) in [5.41, 5.74) is 9.71. The lowest BCUT2D eigenvalue weighted by atomic mass is 10.2. The van der Waals surface area contributed by atoms with Crippen LogP contribution >= 0.6 is 0 Å². The molecular formula is C14H28N2O2. The Kier molecular flexibility index (Phi) is 16.6. The molecule has 0 aromatic heterocycles. The van der Waals surface area contributed by atoms with Crippen molar-refractivity contribution in [3.8, 4) is 0 Å². The van der Waals surface area contributed by atoms with E-state index in [0.29, 0.717) is 25.7 Å². The van der Waals surface area contributed by atoms with Crippen LogP contribution in [0.2, 0.25) is 0 Å². The van der Waals surface area contributed by atoms with E-state index < -0.39 is 0 Å². The van der Waals surface area contributed by atoms with Crippen molar-refractivity contribution >= 4 is 11.8 Å². The second-order valence-corrected chi connectivity index (χ2v) is 4.28. The molecule has 4 heteroatoms. The number of carbonyl (C=O) groups excluding carboxylic acids is 2. The standard InChI is InChI=1S/C8H16.C6H12N2O2/c1-3-5-7-8-6-4-2;7-5(9)3-1-2-4-6(8)10/h3H,1,4-8H2,2H3;1-4H2,(H2,7,9)(H2,8,10). The molecule has 18 heavy (non-hydrogen) atoms. The van der Waals surface area contributed by atoms with E-state index in [1.165, 1.54) is 32.1 Å². The summed E-state index contributed by atoms with van der Waals surface area (Å²) >= 11 is 0. The van der Waals surface area contributed by atoms with Crippen molar-refractivity contribution in [3.05, 3.63) is 12.7 Å². The van der Waals surface area contributed by atoms with E-state index in [4.69, 9.17) is 11.5 Å². The minimum Gasteiger partial charge on any atom is -0.370 e. The van der Waals surface area contributed by atoms with Gasteiger partial charge >= 0.3 is 0 Å². The molecule has 0 unspecified atom stereocenters. The van der Waals surface area contributed by atoms with Gasteiger partial charge in [0.1, 0.15) is 0 Å². The number of rotatable bonds is 10. The topological polar surface area (TPSA) is 86.2 Å². The van der Waals surface area contributed by atoms with Gasteiger partial charge < -0.3 is 11.5 Å². The van der Waals surface area contributed by atoms with E-state index in [1.54, 1.807) is 0 Å². The molecule has 0 aromatic carbocycles. The predicted molar refractivity (Wildman–Crippen MR) is 75.8 cm³/mol. The number of unbranched alkanes of at least 4 members (excludes halogenated alkanes) is 5. The van der Waals surface area contributed by atoms with Crippen LogP contribution in [0.5, 0.6) is 0 Å². The first-order valence-corrected chi connectivity index (χ1v) is 6.72. The van der Waals surface area contributed by atoms with Crippen molar-refractivity contribution in [2.45, 2.75) is 64.7 Å². The highest BCUT2D eigenvalue weighted by molar-refractivity contribution is 5.74. The van der Waals surface area contributed by atoms with E-state index in [9.17, 15) is 9.59 Å². The molecule has 0 radical (unpaired) electrons. The maximum Gasteiger partial charge on any atom is 0.217 e. The smallest absolute Gasteiger partial charge is 0.217 e. The van der Waals surface area contributed by atoms with Crippen molar-refractivity contribution in [2.75, 3.05) is 0 Å². The minimum absolute atomic E-state index is 0.329. The van der Waals surface area contributed by atoms with Crippen molar-refractivity contribution in [3.63, 3.8) is 0 Å². The van der Waals surface area contributed by atoms with Gasteiger partial charge in [0.25, 0.3) is 0 Å². The van der Waals surface area contributed by atoms with Crippen LogP contribution in [0.4, 0.5) is 0 Å². The lowest BCUT2D eigenvalue weighted by Crippen LogP contribution is -2.12. The van der Waals surface area contributed by atoms with Gasteiger partial charge in [0.05, 0.1) is 0 Å². The molecule has 0 fully saturated rings. The van der Waals surface area contributed by atoms with Gasteiger partial charge in [-0.15, -0.1) is 6.58 Å². The minimum atomic E-state index is -0.329. The van der Waals surface area contributed by atoms with E-state index in [2.05, 4.69) is 13.5 Å². The molecule has 0 saturated heterocycles. The Morgan fingerprint density at radius 3 is 1.78 bits per heavy atom. The molecule has 0 aliphatic heterocycles. The third-order valence-corrected chi connectivity index (χ3v) is 2.36. The normalized spacial score (nSPS) is 9.17. The molecule has 2 amide bonds. The van der Waals surface area contributed by atoms with Crippen LogP contribution in [0.15, 0.2) is 12.7 Å². The monoisotopic (exact) mass is 256 g/mol. The zero-order valence-electron chi connectivity index (χ0n) is 11.6. The number of allylic oxidation sites excluding steroid dienone is 1. The Balaban J connectivity index is 0. The van der Waals surface area contributed by atoms with Crippen molar-refractivity contribution in [1.82, 2.24) is 0 Å². The Morgan fingerprint density at radius 2 is 1.44 bits per heavy atom. The van der Waals surface area contributed by atoms with E-state index in [1.807, 2.05) is 6.08 Å². The van der Waals surface area contributed by atoms with Crippen molar-refractivity contribution < 1.29 is 9.59 Å². The van der Waals surface area contributed by atoms with Crippen LogP contribution in [0, 0.1) is 0 Å². The van der Waals surface area contributed by atoms with Gasteiger partial charge in [0.15, 0.2) is 0 Å². The zero-order valence-corrected chi connectivity index (χ0v) is 11.6. The van der Waals surface area contributed by atoms with Crippen LogP contribution in [-0.2, 0) is 9.59 Å². The molecule has 0 aliphatic rings. The lowest BCUT2D eigenvalue weighted by Gasteiger charge is -1.93. The van der Waals surface area contributed by atoms with Crippen LogP contribution in [-0.4, -0.2) is 11.8 Å². The fourth-order valence-electron chi connectivity index (χ4n) is 1.31. The van der Waals surface area contributed by atoms with Gasteiger partial charge in [-0.1, -0.05) is 32.3 Å². The number of hydrogen-bond acceptors (Lipinski definition) is 2. The van der Waals surface area contributed by atoms with Gasteiger partial charge in [-0.2, -0.15) is 0 Å². The average molecular weight is 256 g/mol. The molecular weight excluding hydrogens is 228 g/mol. The zero-order chi connectivity index (χ0) is 14.2. The van der Waals surface area contributed by atoms with Gasteiger partial charge in [-0.05, 0) is 25.7 Å². The number of primary amides is 2. The first-order valence-electron chi connectivity index (χ1n) is 6.72. The Morgan fingerprint density at radius 1 is 0.944 bits per heavy atom. The molecule has 0 bridgehead atoms. The number of amides is 2. The van der Waals surface area contributed by atoms with Gasteiger partial charge in [0, 0.05) is 12.8 Å². The largest absolute Gasteiger partial charge is 0.370 e. The predicted octanol–water partition coefficient (Wildman–Crippen LogP) is 2.66. The van der Waals surface area contributed by atoms with Gasteiger partial charge in [-0.3, -0.25) is 9.59 Å². The van der Waals surface area contributed by atoms with E-state index in [0.717, 1.165) is 0 Å². The molecule has 0 heterocycles.